The smallest absolute Gasteiger partial charge is 0.141 e. The van der Waals surface area contributed by atoms with Gasteiger partial charge in [0.15, 0.2) is 0 Å². The van der Waals surface area contributed by atoms with Crippen LogP contribution in [0, 0.1) is 0 Å². The van der Waals surface area contributed by atoms with E-state index in [9.17, 15) is 0 Å². The first-order valence-corrected chi connectivity index (χ1v) is 9.53. The maximum absolute atomic E-state index is 6.02. The van der Waals surface area contributed by atoms with Gasteiger partial charge in [-0.2, -0.15) is 0 Å². The summed E-state index contributed by atoms with van der Waals surface area (Å²) in [4.78, 5) is 16.2. The summed E-state index contributed by atoms with van der Waals surface area (Å²) in [6.07, 6.45) is 6.92. The number of nitrogens with one attached hydrogen (secondary N) is 1. The average molecular weight is 368 g/mol. The first-order valence-electron chi connectivity index (χ1n) is 9.53. The Morgan fingerprint density at radius 2 is 2.00 bits per heavy atom. The number of piperidine rings is 1. The average Bonchev–Trinajstić information content (AvgIpc) is 2.71. The summed E-state index contributed by atoms with van der Waals surface area (Å²) in [6.45, 7) is 5.83. The monoisotopic (exact) mass is 368 g/mol. The van der Waals surface area contributed by atoms with Crippen LogP contribution in [0.2, 0.25) is 0 Å². The predicted octanol–water partition coefficient (Wildman–Crippen LogP) is 3.07. The number of nitrogen functional groups attached to an aromatic ring is 1. The SMILES string of the molecule is C[C@H](Nc1ncnc(N)c1C=NOCCN1CCCCC1)c1ccccc1. The van der Waals surface area contributed by atoms with E-state index < -0.39 is 0 Å². The molecule has 3 rings (SSSR count). The van der Waals surface area contributed by atoms with Crippen molar-refractivity contribution >= 4 is 17.9 Å². The van der Waals surface area contributed by atoms with Gasteiger partial charge in [-0.1, -0.05) is 41.9 Å². The predicted molar refractivity (Wildman–Crippen MR) is 109 cm³/mol. The van der Waals surface area contributed by atoms with E-state index in [1.54, 1.807) is 6.21 Å². The van der Waals surface area contributed by atoms with Crippen molar-refractivity contribution < 1.29 is 4.84 Å². The van der Waals surface area contributed by atoms with Crippen LogP contribution in [-0.4, -0.2) is 47.3 Å². The molecular formula is C20H28N6O. The molecule has 1 aliphatic heterocycles. The van der Waals surface area contributed by atoms with E-state index in [1.165, 1.54) is 25.6 Å². The zero-order valence-electron chi connectivity index (χ0n) is 15.8. The van der Waals surface area contributed by atoms with E-state index in [4.69, 9.17) is 10.6 Å². The van der Waals surface area contributed by atoms with E-state index in [-0.39, 0.29) is 6.04 Å². The molecule has 2 aromatic rings. The van der Waals surface area contributed by atoms with Crippen molar-refractivity contribution in [1.29, 1.82) is 0 Å². The highest BCUT2D eigenvalue weighted by atomic mass is 16.6. The second-order valence-corrected chi connectivity index (χ2v) is 6.77. The molecule has 1 aromatic carbocycles. The third kappa shape index (κ3) is 5.65. The van der Waals surface area contributed by atoms with Crippen LogP contribution in [0.5, 0.6) is 0 Å². The van der Waals surface area contributed by atoms with E-state index in [2.05, 4.69) is 44.4 Å². The Bertz CT molecular complexity index is 731. The molecule has 0 unspecified atom stereocenters. The molecule has 3 N–H and O–H groups in total. The van der Waals surface area contributed by atoms with Crippen molar-refractivity contribution in [1.82, 2.24) is 14.9 Å². The van der Waals surface area contributed by atoms with Gasteiger partial charge >= 0.3 is 0 Å². The minimum Gasteiger partial charge on any atom is -0.394 e. The van der Waals surface area contributed by atoms with Gasteiger partial charge in [0, 0.05) is 12.6 Å². The number of hydrogen-bond donors (Lipinski definition) is 2. The van der Waals surface area contributed by atoms with Crippen LogP contribution >= 0.6 is 0 Å². The molecular weight excluding hydrogens is 340 g/mol. The van der Waals surface area contributed by atoms with Crippen molar-refractivity contribution in [3.8, 4) is 0 Å². The molecule has 1 fully saturated rings. The van der Waals surface area contributed by atoms with Crippen LogP contribution in [0.25, 0.3) is 0 Å². The number of hydrogen-bond acceptors (Lipinski definition) is 7. The second kappa shape index (κ2) is 9.87. The van der Waals surface area contributed by atoms with E-state index in [1.807, 2.05) is 18.2 Å². The van der Waals surface area contributed by atoms with Gasteiger partial charge in [-0.05, 0) is 38.4 Å². The summed E-state index contributed by atoms with van der Waals surface area (Å²) in [7, 11) is 0. The maximum Gasteiger partial charge on any atom is 0.141 e. The number of nitrogens with zero attached hydrogens (tertiary/aromatic N) is 4. The summed E-state index contributed by atoms with van der Waals surface area (Å²) >= 11 is 0. The van der Waals surface area contributed by atoms with Gasteiger partial charge in [-0.15, -0.1) is 0 Å². The second-order valence-electron chi connectivity index (χ2n) is 6.77. The van der Waals surface area contributed by atoms with Gasteiger partial charge in [0.2, 0.25) is 0 Å². The van der Waals surface area contributed by atoms with Crippen LogP contribution in [0.3, 0.4) is 0 Å². The van der Waals surface area contributed by atoms with Gasteiger partial charge in [-0.3, -0.25) is 4.90 Å². The lowest BCUT2D eigenvalue weighted by Gasteiger charge is -2.25. The highest BCUT2D eigenvalue weighted by Gasteiger charge is 2.12. The van der Waals surface area contributed by atoms with Crippen molar-refractivity contribution in [3.05, 3.63) is 47.8 Å². The zero-order chi connectivity index (χ0) is 18.9. The molecule has 7 heteroatoms. The molecule has 1 saturated heterocycles. The van der Waals surface area contributed by atoms with Gasteiger partial charge in [0.05, 0.1) is 11.8 Å². The fourth-order valence-electron chi connectivity index (χ4n) is 3.18. The topological polar surface area (TPSA) is 88.7 Å². The quantitative estimate of drug-likeness (QED) is 0.423. The highest BCUT2D eigenvalue weighted by molar-refractivity contribution is 5.91. The fourth-order valence-corrected chi connectivity index (χ4v) is 3.18. The molecule has 7 nitrogen and oxygen atoms in total. The van der Waals surface area contributed by atoms with Crippen LogP contribution in [-0.2, 0) is 4.84 Å². The first-order chi connectivity index (χ1) is 13.2. The van der Waals surface area contributed by atoms with Crippen LogP contribution in [0.15, 0.2) is 41.8 Å². The molecule has 144 valence electrons. The number of rotatable bonds is 8. The Hall–Kier alpha value is -2.67. The molecule has 2 heterocycles. The fraction of sp³-hybridized carbons (Fsp3) is 0.450. The molecule has 0 radical (unpaired) electrons. The lowest BCUT2D eigenvalue weighted by molar-refractivity contribution is 0.103. The van der Waals surface area contributed by atoms with E-state index in [0.717, 1.165) is 25.2 Å². The molecule has 0 spiro atoms. The summed E-state index contributed by atoms with van der Waals surface area (Å²) in [5, 5.41) is 7.45. The molecule has 1 aliphatic rings. The third-order valence-electron chi connectivity index (χ3n) is 4.77. The van der Waals surface area contributed by atoms with E-state index >= 15 is 0 Å². The first kappa shape index (κ1) is 19.1. The van der Waals surface area contributed by atoms with Crippen molar-refractivity contribution in [2.24, 2.45) is 5.16 Å². The summed E-state index contributed by atoms with van der Waals surface area (Å²) in [5.41, 5.74) is 7.82. The number of oxime groups is 1. The number of anilines is 2. The van der Waals surface area contributed by atoms with Gasteiger partial charge in [0.1, 0.15) is 24.6 Å². The molecule has 1 aromatic heterocycles. The Labute approximate surface area is 160 Å². The maximum atomic E-state index is 6.02. The van der Waals surface area contributed by atoms with Crippen molar-refractivity contribution in [3.63, 3.8) is 0 Å². The minimum atomic E-state index is 0.0765. The highest BCUT2D eigenvalue weighted by Crippen LogP contribution is 2.21. The van der Waals surface area contributed by atoms with Crippen LogP contribution < -0.4 is 11.1 Å². The Balaban J connectivity index is 1.57. The lowest BCUT2D eigenvalue weighted by Crippen LogP contribution is -2.32. The number of aromatic nitrogens is 2. The Morgan fingerprint density at radius 3 is 2.78 bits per heavy atom. The standard InChI is InChI=1S/C20H28N6O/c1-16(17-8-4-2-5-9-17)25-20-18(19(21)22-15-23-20)14-24-27-13-12-26-10-6-3-7-11-26/h2,4-5,8-9,14-16H,3,6-7,10-13H2,1H3,(H3,21,22,23,25)/t16-/m0/s1. The summed E-state index contributed by atoms with van der Waals surface area (Å²) in [5.74, 6) is 1.01. The molecule has 0 saturated carbocycles. The van der Waals surface area contributed by atoms with Crippen LogP contribution in [0.4, 0.5) is 11.6 Å². The van der Waals surface area contributed by atoms with E-state index in [0.29, 0.717) is 23.8 Å². The Kier molecular flexibility index (Phi) is 6.98. The molecule has 27 heavy (non-hydrogen) atoms. The number of benzene rings is 1. The normalized spacial score (nSPS) is 16.3. The largest absolute Gasteiger partial charge is 0.394 e. The molecule has 0 amide bonds. The minimum absolute atomic E-state index is 0.0765. The molecule has 0 aliphatic carbocycles. The summed E-state index contributed by atoms with van der Waals surface area (Å²) in [6, 6.07) is 10.2. The number of likely N-dealkylation sites (tertiary alicyclic amines) is 1. The van der Waals surface area contributed by atoms with Crippen LogP contribution in [0.1, 0.15) is 43.4 Å². The van der Waals surface area contributed by atoms with Crippen molar-refractivity contribution in [2.75, 3.05) is 37.3 Å². The van der Waals surface area contributed by atoms with Gasteiger partial charge < -0.3 is 15.9 Å². The zero-order valence-corrected chi connectivity index (χ0v) is 15.8. The third-order valence-corrected chi connectivity index (χ3v) is 4.77. The van der Waals surface area contributed by atoms with Gasteiger partial charge in [-0.25, -0.2) is 9.97 Å². The van der Waals surface area contributed by atoms with Crippen molar-refractivity contribution in [2.45, 2.75) is 32.2 Å². The van der Waals surface area contributed by atoms with Gasteiger partial charge in [0.25, 0.3) is 0 Å². The summed E-state index contributed by atoms with van der Waals surface area (Å²) < 4.78 is 0. The Morgan fingerprint density at radius 1 is 1.22 bits per heavy atom. The number of nitrogens with two attached hydrogens (primary N) is 1. The molecule has 1 atom stereocenters. The molecule has 0 bridgehead atoms. The lowest BCUT2D eigenvalue weighted by atomic mass is 10.1.